The number of carbonyl (C=O) groups excluding carboxylic acids is 1. The number of hydrogen-bond acceptors (Lipinski definition) is 4. The largest absolute Gasteiger partial charge is 0.349 e. The van der Waals surface area contributed by atoms with E-state index < -0.39 is 0 Å². The van der Waals surface area contributed by atoms with E-state index in [2.05, 4.69) is 27.3 Å². The van der Waals surface area contributed by atoms with Crippen molar-refractivity contribution >= 4 is 5.91 Å². The Balaban J connectivity index is 1.28. The van der Waals surface area contributed by atoms with Gasteiger partial charge in [0.1, 0.15) is 0 Å². The lowest BCUT2D eigenvalue weighted by atomic mass is 9.65. The summed E-state index contributed by atoms with van der Waals surface area (Å²) in [5.74, 6) is -0.0267. The predicted molar refractivity (Wildman–Crippen MR) is 98.2 cm³/mol. The van der Waals surface area contributed by atoms with E-state index >= 15 is 0 Å². The van der Waals surface area contributed by atoms with Crippen LogP contribution >= 0.6 is 0 Å². The molecule has 2 aromatic rings. The molecule has 5 heteroatoms. The van der Waals surface area contributed by atoms with Gasteiger partial charge in [0.2, 0.25) is 0 Å². The number of carbonyl (C=O) groups is 1. The van der Waals surface area contributed by atoms with Gasteiger partial charge < -0.3 is 5.32 Å². The zero-order valence-corrected chi connectivity index (χ0v) is 14.7. The Morgan fingerprint density at radius 3 is 3.00 bits per heavy atom. The lowest BCUT2D eigenvalue weighted by Gasteiger charge is -2.45. The molecule has 1 N–H and O–H groups in total. The van der Waals surface area contributed by atoms with E-state index in [-0.39, 0.29) is 11.9 Å². The summed E-state index contributed by atoms with van der Waals surface area (Å²) in [6.07, 6.45) is 6.57. The molecule has 1 spiro atoms. The second kappa shape index (κ2) is 6.89. The molecule has 1 amide bonds. The highest BCUT2D eigenvalue weighted by atomic mass is 16.1. The molecule has 2 fully saturated rings. The summed E-state index contributed by atoms with van der Waals surface area (Å²) in [7, 11) is 0. The lowest BCUT2D eigenvalue weighted by molar-refractivity contribution is 0.0694. The second-order valence-corrected chi connectivity index (χ2v) is 7.59. The van der Waals surface area contributed by atoms with Gasteiger partial charge in [0, 0.05) is 31.5 Å². The quantitative estimate of drug-likeness (QED) is 0.924. The van der Waals surface area contributed by atoms with Gasteiger partial charge in [-0.1, -0.05) is 12.1 Å². The van der Waals surface area contributed by atoms with Crippen molar-refractivity contribution < 1.29 is 4.79 Å². The Bertz CT molecular complexity index is 837. The van der Waals surface area contributed by atoms with Crippen LogP contribution in [0, 0.1) is 16.7 Å². The first-order valence-electron chi connectivity index (χ1n) is 9.08. The lowest BCUT2D eigenvalue weighted by Crippen LogP contribution is -2.51. The Morgan fingerprint density at radius 1 is 1.35 bits per heavy atom. The first-order valence-corrected chi connectivity index (χ1v) is 9.08. The average molecular weight is 346 g/mol. The number of nitrogens with one attached hydrogen (secondary N) is 1. The zero-order valence-electron chi connectivity index (χ0n) is 14.7. The third-order valence-electron chi connectivity index (χ3n) is 5.60. The van der Waals surface area contributed by atoms with Crippen LogP contribution in [0.15, 0.2) is 48.8 Å². The SMILES string of the molecule is N#Cc1cccc(CN2CCC3(CC(NC(=O)c4cccnc4)C3)C2)c1. The Morgan fingerprint density at radius 2 is 2.23 bits per heavy atom. The van der Waals surface area contributed by atoms with Crippen molar-refractivity contribution in [2.24, 2.45) is 5.41 Å². The molecule has 2 aliphatic rings. The zero-order chi connectivity index (χ0) is 18.0. The third-order valence-corrected chi connectivity index (χ3v) is 5.60. The summed E-state index contributed by atoms with van der Waals surface area (Å²) in [5, 5.41) is 12.2. The number of rotatable bonds is 4. The van der Waals surface area contributed by atoms with Crippen molar-refractivity contribution in [3.8, 4) is 6.07 Å². The molecule has 132 valence electrons. The van der Waals surface area contributed by atoms with Crippen LogP contribution in [0.5, 0.6) is 0 Å². The molecular formula is C21H22N4O. The summed E-state index contributed by atoms with van der Waals surface area (Å²) in [6.45, 7) is 3.05. The van der Waals surface area contributed by atoms with Crippen LogP contribution in [0.25, 0.3) is 0 Å². The fourth-order valence-electron chi connectivity index (χ4n) is 4.35. The van der Waals surface area contributed by atoms with Crippen LogP contribution in [-0.4, -0.2) is 34.9 Å². The van der Waals surface area contributed by atoms with Gasteiger partial charge >= 0.3 is 0 Å². The molecule has 1 aromatic heterocycles. The number of likely N-dealkylation sites (tertiary alicyclic amines) is 1. The van der Waals surface area contributed by atoms with Crippen LogP contribution in [0.2, 0.25) is 0 Å². The van der Waals surface area contributed by atoms with E-state index in [0.717, 1.165) is 38.0 Å². The minimum Gasteiger partial charge on any atom is -0.349 e. The molecule has 1 aromatic carbocycles. The molecule has 4 rings (SSSR count). The smallest absolute Gasteiger partial charge is 0.253 e. The normalized spacial score (nSPS) is 24.8. The summed E-state index contributed by atoms with van der Waals surface area (Å²) in [5.41, 5.74) is 2.89. The van der Waals surface area contributed by atoms with Crippen LogP contribution in [-0.2, 0) is 6.54 Å². The van der Waals surface area contributed by atoms with E-state index in [0.29, 0.717) is 11.0 Å². The van der Waals surface area contributed by atoms with Gasteiger partial charge in [-0.15, -0.1) is 0 Å². The highest BCUT2D eigenvalue weighted by molar-refractivity contribution is 5.94. The van der Waals surface area contributed by atoms with E-state index in [1.54, 1.807) is 24.5 Å². The van der Waals surface area contributed by atoms with Crippen molar-refractivity contribution in [1.29, 1.82) is 5.26 Å². The van der Waals surface area contributed by atoms with E-state index in [1.165, 1.54) is 12.0 Å². The Labute approximate surface area is 153 Å². The molecule has 1 saturated heterocycles. The molecule has 1 aliphatic carbocycles. The molecule has 2 heterocycles. The van der Waals surface area contributed by atoms with Crippen LogP contribution in [0.1, 0.15) is 40.7 Å². The van der Waals surface area contributed by atoms with Crippen molar-refractivity contribution in [3.05, 3.63) is 65.5 Å². The van der Waals surface area contributed by atoms with Crippen molar-refractivity contribution in [2.75, 3.05) is 13.1 Å². The van der Waals surface area contributed by atoms with E-state index in [9.17, 15) is 4.79 Å². The van der Waals surface area contributed by atoms with Gasteiger partial charge in [-0.05, 0) is 61.1 Å². The van der Waals surface area contributed by atoms with Crippen molar-refractivity contribution in [2.45, 2.75) is 31.8 Å². The van der Waals surface area contributed by atoms with Gasteiger partial charge in [-0.3, -0.25) is 14.7 Å². The van der Waals surface area contributed by atoms with Gasteiger partial charge in [0.15, 0.2) is 0 Å². The summed E-state index contributed by atoms with van der Waals surface area (Å²) in [6, 6.07) is 13.9. The average Bonchev–Trinajstić information content (AvgIpc) is 3.06. The Kier molecular flexibility index (Phi) is 4.44. The van der Waals surface area contributed by atoms with Gasteiger partial charge in [0.25, 0.3) is 5.91 Å². The maximum Gasteiger partial charge on any atom is 0.253 e. The third kappa shape index (κ3) is 3.47. The molecule has 0 atom stereocenters. The van der Waals surface area contributed by atoms with E-state index in [1.807, 2.05) is 18.2 Å². The number of nitrogens with zero attached hydrogens (tertiary/aromatic N) is 3. The maximum absolute atomic E-state index is 12.2. The highest BCUT2D eigenvalue weighted by Crippen LogP contribution is 2.48. The summed E-state index contributed by atoms with van der Waals surface area (Å²) in [4.78, 5) is 18.7. The highest BCUT2D eigenvalue weighted by Gasteiger charge is 2.48. The topological polar surface area (TPSA) is 69.0 Å². The fourth-order valence-corrected chi connectivity index (χ4v) is 4.35. The van der Waals surface area contributed by atoms with Gasteiger partial charge in [-0.2, -0.15) is 5.26 Å². The molecule has 1 aliphatic heterocycles. The first kappa shape index (κ1) is 16.7. The molecule has 0 bridgehead atoms. The number of pyridine rings is 1. The monoisotopic (exact) mass is 346 g/mol. The predicted octanol–water partition coefficient (Wildman–Crippen LogP) is 2.74. The Hall–Kier alpha value is -2.71. The molecule has 5 nitrogen and oxygen atoms in total. The van der Waals surface area contributed by atoms with E-state index in [4.69, 9.17) is 5.26 Å². The number of nitriles is 1. The molecule has 1 saturated carbocycles. The molecule has 0 unspecified atom stereocenters. The number of aromatic nitrogens is 1. The van der Waals surface area contributed by atoms with Crippen LogP contribution < -0.4 is 5.32 Å². The van der Waals surface area contributed by atoms with Crippen molar-refractivity contribution in [3.63, 3.8) is 0 Å². The number of hydrogen-bond donors (Lipinski definition) is 1. The summed E-state index contributed by atoms with van der Waals surface area (Å²) >= 11 is 0. The molecular weight excluding hydrogens is 324 g/mol. The van der Waals surface area contributed by atoms with Crippen LogP contribution in [0.3, 0.4) is 0 Å². The van der Waals surface area contributed by atoms with Gasteiger partial charge in [0.05, 0.1) is 17.2 Å². The minimum absolute atomic E-state index is 0.0267. The van der Waals surface area contributed by atoms with Crippen molar-refractivity contribution in [1.82, 2.24) is 15.2 Å². The molecule has 26 heavy (non-hydrogen) atoms. The van der Waals surface area contributed by atoms with Gasteiger partial charge in [-0.25, -0.2) is 0 Å². The van der Waals surface area contributed by atoms with Crippen LogP contribution in [0.4, 0.5) is 0 Å². The fraction of sp³-hybridized carbons (Fsp3) is 0.381. The standard InChI is InChI=1S/C21H22N4O/c22-12-16-3-1-4-17(9-16)14-25-8-6-21(15-25)10-19(11-21)24-20(26)18-5-2-7-23-13-18/h1-5,7,9,13,19H,6,8,10-11,14-15H2,(H,24,26). The maximum atomic E-state index is 12.2. The second-order valence-electron chi connectivity index (χ2n) is 7.59. The first-order chi connectivity index (χ1) is 12.7. The number of benzene rings is 1. The summed E-state index contributed by atoms with van der Waals surface area (Å²) < 4.78 is 0. The number of amides is 1. The molecule has 0 radical (unpaired) electrons. The minimum atomic E-state index is -0.0267.